The monoisotopic (exact) mass is 609 g/mol. The molecule has 0 bridgehead atoms. The minimum Gasteiger partial charge on any atom is -0.422 e. The van der Waals surface area contributed by atoms with Gasteiger partial charge in [0.25, 0.3) is 11.8 Å². The summed E-state index contributed by atoms with van der Waals surface area (Å²) in [7, 11) is 0. The van der Waals surface area contributed by atoms with Gasteiger partial charge in [-0.1, -0.05) is 63.4 Å². The number of carbonyl (C=O) groups is 3. The van der Waals surface area contributed by atoms with Gasteiger partial charge in [0, 0.05) is 31.9 Å². The Morgan fingerprint density at radius 3 is 2.34 bits per heavy atom. The number of amides is 2. The fourth-order valence-corrected chi connectivity index (χ4v) is 4.14. The Bertz CT molecular complexity index is 1540. The highest BCUT2D eigenvalue weighted by atomic mass is 79.9. The van der Waals surface area contributed by atoms with E-state index in [1.807, 2.05) is 6.07 Å². The van der Waals surface area contributed by atoms with Gasteiger partial charge in [-0.2, -0.15) is 5.10 Å². The smallest absolute Gasteiger partial charge is 0.345 e. The highest BCUT2D eigenvalue weighted by Gasteiger charge is 2.15. The highest BCUT2D eigenvalue weighted by molar-refractivity contribution is 9.10. The van der Waals surface area contributed by atoms with Crippen molar-refractivity contribution in [1.82, 2.24) is 5.43 Å². The zero-order chi connectivity index (χ0) is 27.1. The second-order valence-corrected chi connectivity index (χ2v) is 9.56. The number of rotatable bonds is 7. The summed E-state index contributed by atoms with van der Waals surface area (Å²) in [5, 5.41) is 7.31. The summed E-state index contributed by atoms with van der Waals surface area (Å²) in [6.07, 6.45) is 1.34. The van der Waals surface area contributed by atoms with Crippen molar-refractivity contribution in [3.05, 3.63) is 128 Å². The molecule has 0 aliphatic carbocycles. The minimum absolute atomic E-state index is 0.148. The lowest BCUT2D eigenvalue weighted by molar-refractivity contribution is 0.0734. The van der Waals surface area contributed by atoms with Crippen LogP contribution in [-0.4, -0.2) is 24.0 Å². The van der Waals surface area contributed by atoms with E-state index in [4.69, 9.17) is 27.9 Å². The molecule has 0 spiro atoms. The number of ether oxygens (including phenoxy) is 1. The van der Waals surface area contributed by atoms with Crippen molar-refractivity contribution in [3.63, 3.8) is 0 Å². The van der Waals surface area contributed by atoms with Gasteiger partial charge < -0.3 is 10.1 Å². The molecule has 2 N–H and O–H groups in total. The summed E-state index contributed by atoms with van der Waals surface area (Å²) in [4.78, 5) is 37.7. The molecule has 38 heavy (non-hydrogen) atoms. The third-order valence-electron chi connectivity index (χ3n) is 5.11. The first-order valence-corrected chi connectivity index (χ1v) is 12.6. The predicted molar refractivity (Wildman–Crippen MR) is 151 cm³/mol. The molecule has 0 radical (unpaired) electrons. The fraction of sp³-hybridized carbons (Fsp3) is 0. The van der Waals surface area contributed by atoms with Crippen molar-refractivity contribution >= 4 is 68.8 Å². The molecule has 7 nitrogen and oxygen atoms in total. The van der Waals surface area contributed by atoms with E-state index in [1.165, 1.54) is 30.5 Å². The van der Waals surface area contributed by atoms with Crippen molar-refractivity contribution in [3.8, 4) is 5.75 Å². The Kier molecular flexibility index (Phi) is 8.91. The van der Waals surface area contributed by atoms with Crippen LogP contribution in [0.25, 0.3) is 0 Å². The molecule has 2 amide bonds. The number of nitrogens with one attached hydrogen (secondary N) is 2. The molecular formula is C28H18BrCl2N3O4. The predicted octanol–water partition coefficient (Wildman–Crippen LogP) is 6.99. The summed E-state index contributed by atoms with van der Waals surface area (Å²) in [5.41, 5.74) is 4.23. The average Bonchev–Trinajstić information content (AvgIpc) is 2.90. The molecule has 4 aromatic carbocycles. The zero-order valence-electron chi connectivity index (χ0n) is 19.5. The lowest BCUT2D eigenvalue weighted by atomic mass is 10.1. The molecule has 0 fully saturated rings. The normalized spacial score (nSPS) is 10.7. The van der Waals surface area contributed by atoms with Crippen LogP contribution in [0.5, 0.6) is 5.75 Å². The van der Waals surface area contributed by atoms with E-state index >= 15 is 0 Å². The first-order valence-electron chi connectivity index (χ1n) is 11.1. The number of hydrazone groups is 1. The van der Waals surface area contributed by atoms with Crippen molar-refractivity contribution in [2.45, 2.75) is 0 Å². The third-order valence-corrected chi connectivity index (χ3v) is 6.15. The number of benzene rings is 4. The summed E-state index contributed by atoms with van der Waals surface area (Å²) >= 11 is 15.4. The van der Waals surface area contributed by atoms with Crippen molar-refractivity contribution in [1.29, 1.82) is 0 Å². The van der Waals surface area contributed by atoms with E-state index < -0.39 is 11.9 Å². The van der Waals surface area contributed by atoms with E-state index in [0.717, 1.165) is 0 Å². The van der Waals surface area contributed by atoms with E-state index in [1.54, 1.807) is 60.7 Å². The third kappa shape index (κ3) is 7.07. The topological polar surface area (TPSA) is 96.9 Å². The van der Waals surface area contributed by atoms with Crippen molar-refractivity contribution in [2.75, 3.05) is 5.32 Å². The molecule has 0 atom stereocenters. The lowest BCUT2D eigenvalue weighted by Gasteiger charge is -2.09. The summed E-state index contributed by atoms with van der Waals surface area (Å²) < 4.78 is 6.21. The van der Waals surface area contributed by atoms with Gasteiger partial charge in [-0.25, -0.2) is 10.2 Å². The number of carbonyl (C=O) groups excluding carboxylic acids is 3. The van der Waals surface area contributed by atoms with Crippen molar-refractivity contribution < 1.29 is 19.1 Å². The van der Waals surface area contributed by atoms with E-state index in [-0.39, 0.29) is 27.8 Å². The van der Waals surface area contributed by atoms with Crippen molar-refractivity contribution in [2.24, 2.45) is 5.10 Å². The Labute approximate surface area is 236 Å². The van der Waals surface area contributed by atoms with Gasteiger partial charge in [-0.3, -0.25) is 9.59 Å². The van der Waals surface area contributed by atoms with Gasteiger partial charge in [0.1, 0.15) is 5.75 Å². The molecular weight excluding hydrogens is 593 g/mol. The maximum atomic E-state index is 12.7. The molecule has 0 saturated heterocycles. The molecule has 0 aromatic heterocycles. The van der Waals surface area contributed by atoms with Gasteiger partial charge in [0.15, 0.2) is 0 Å². The zero-order valence-corrected chi connectivity index (χ0v) is 22.5. The van der Waals surface area contributed by atoms with Gasteiger partial charge in [0.2, 0.25) is 0 Å². The van der Waals surface area contributed by atoms with Gasteiger partial charge in [-0.05, 0) is 66.7 Å². The first-order chi connectivity index (χ1) is 18.3. The molecule has 4 rings (SSSR count). The maximum absolute atomic E-state index is 12.7. The van der Waals surface area contributed by atoms with Crippen LogP contribution in [0.15, 0.2) is 101 Å². The second kappa shape index (κ2) is 12.5. The standard InChI is InChI=1S/C28H18BrCl2N3O4/c29-20-9-12-25(38-28(37)23-11-10-21(30)15-24(23)31)19(13-20)16-32-34-27(36)18-7-4-8-22(14-18)33-26(35)17-5-2-1-3-6-17/h1-16H,(H,33,35)(H,34,36). The van der Waals surface area contributed by atoms with Crippen LogP contribution in [0.3, 0.4) is 0 Å². The second-order valence-electron chi connectivity index (χ2n) is 7.80. The molecule has 0 aliphatic heterocycles. The van der Waals surface area contributed by atoms with E-state index in [2.05, 4.69) is 31.8 Å². The summed E-state index contributed by atoms with van der Waals surface area (Å²) in [6.45, 7) is 0. The number of hydrogen-bond donors (Lipinski definition) is 2. The Hall–Kier alpha value is -3.98. The summed E-state index contributed by atoms with van der Waals surface area (Å²) in [5.74, 6) is -1.27. The van der Waals surface area contributed by atoms with Crippen LogP contribution in [-0.2, 0) is 0 Å². The van der Waals surface area contributed by atoms with Crippen LogP contribution in [0.4, 0.5) is 5.69 Å². The highest BCUT2D eigenvalue weighted by Crippen LogP contribution is 2.26. The van der Waals surface area contributed by atoms with Gasteiger partial charge >= 0.3 is 5.97 Å². The SMILES string of the molecule is O=C(NN=Cc1cc(Br)ccc1OC(=O)c1ccc(Cl)cc1Cl)c1cccc(NC(=O)c2ccccc2)c1. The minimum atomic E-state index is -0.679. The van der Waals surface area contributed by atoms with Gasteiger partial charge in [0.05, 0.1) is 16.8 Å². The Morgan fingerprint density at radius 1 is 0.816 bits per heavy atom. The van der Waals surface area contributed by atoms with E-state index in [0.29, 0.717) is 26.3 Å². The Balaban J connectivity index is 1.44. The molecule has 0 unspecified atom stereocenters. The first kappa shape index (κ1) is 27.1. The molecule has 4 aromatic rings. The largest absolute Gasteiger partial charge is 0.422 e. The molecule has 0 saturated carbocycles. The molecule has 0 heterocycles. The van der Waals surface area contributed by atoms with Crippen LogP contribution in [0.2, 0.25) is 10.0 Å². The molecule has 190 valence electrons. The summed E-state index contributed by atoms with van der Waals surface area (Å²) in [6, 6.07) is 24.6. The van der Waals surface area contributed by atoms with Crippen LogP contribution < -0.4 is 15.5 Å². The quantitative estimate of drug-likeness (QED) is 0.102. The number of halogens is 3. The molecule has 10 heteroatoms. The molecule has 0 aliphatic rings. The number of esters is 1. The lowest BCUT2D eigenvalue weighted by Crippen LogP contribution is -2.18. The van der Waals surface area contributed by atoms with Crippen LogP contribution in [0.1, 0.15) is 36.6 Å². The maximum Gasteiger partial charge on any atom is 0.345 e. The Morgan fingerprint density at radius 2 is 1.58 bits per heavy atom. The number of nitrogens with zero attached hydrogens (tertiary/aromatic N) is 1. The van der Waals surface area contributed by atoms with Crippen LogP contribution in [0, 0.1) is 0 Å². The number of hydrogen-bond acceptors (Lipinski definition) is 5. The average molecular weight is 611 g/mol. The van der Waals surface area contributed by atoms with Crippen LogP contribution >= 0.6 is 39.1 Å². The van der Waals surface area contributed by atoms with Gasteiger partial charge in [-0.15, -0.1) is 0 Å². The van der Waals surface area contributed by atoms with E-state index in [9.17, 15) is 14.4 Å². The number of anilines is 1. The fourth-order valence-electron chi connectivity index (χ4n) is 3.28.